The van der Waals surface area contributed by atoms with E-state index in [4.69, 9.17) is 29.2 Å². The van der Waals surface area contributed by atoms with E-state index in [0.29, 0.717) is 9.88 Å². The van der Waals surface area contributed by atoms with Crippen LogP contribution in [0.25, 0.3) is 11.3 Å². The number of hydrogen-bond acceptors (Lipinski definition) is 3. The summed E-state index contributed by atoms with van der Waals surface area (Å²) in [5, 5.41) is 3.65. The zero-order chi connectivity index (χ0) is 17.8. The van der Waals surface area contributed by atoms with E-state index in [-0.39, 0.29) is 0 Å². The first-order valence-electron chi connectivity index (χ1n) is 7.67. The molecule has 0 aliphatic heterocycles. The minimum absolute atomic E-state index is 0.458. The topological polar surface area (TPSA) is 54.0 Å². The molecule has 0 saturated heterocycles. The fourth-order valence-corrected chi connectivity index (χ4v) is 2.82. The maximum Gasteiger partial charge on any atom is 0.196 e. The van der Waals surface area contributed by atoms with Crippen LogP contribution in [0.4, 0.5) is 5.69 Å². The van der Waals surface area contributed by atoms with Crippen molar-refractivity contribution in [2.75, 3.05) is 17.9 Å². The van der Waals surface area contributed by atoms with E-state index < -0.39 is 0 Å². The smallest absolute Gasteiger partial charge is 0.196 e. The van der Waals surface area contributed by atoms with Crippen molar-refractivity contribution in [1.82, 2.24) is 9.66 Å². The lowest BCUT2D eigenvalue weighted by atomic mass is 10.1. The molecule has 0 radical (unpaired) electrons. The summed E-state index contributed by atoms with van der Waals surface area (Å²) in [5.74, 6) is 0.800. The Labute approximate surface area is 156 Å². The van der Waals surface area contributed by atoms with Gasteiger partial charge in [-0.3, -0.25) is 5.43 Å². The molecule has 5 nitrogen and oxygen atoms in total. The van der Waals surface area contributed by atoms with Gasteiger partial charge < -0.3 is 15.0 Å². The van der Waals surface area contributed by atoms with Gasteiger partial charge in [0.05, 0.1) is 12.8 Å². The van der Waals surface area contributed by atoms with Crippen molar-refractivity contribution >= 4 is 35.2 Å². The van der Waals surface area contributed by atoms with Gasteiger partial charge in [0.15, 0.2) is 9.88 Å². The molecule has 0 unspecified atom stereocenters. The number of aromatic amines is 1. The van der Waals surface area contributed by atoms with Crippen LogP contribution in [0, 0.1) is 11.7 Å². The van der Waals surface area contributed by atoms with Crippen LogP contribution in [0.3, 0.4) is 0 Å². The van der Waals surface area contributed by atoms with Crippen LogP contribution in [-0.4, -0.2) is 21.9 Å². The molecule has 0 aliphatic rings. The van der Waals surface area contributed by atoms with E-state index in [0.717, 1.165) is 28.3 Å². The maximum absolute atomic E-state index is 5.43. The number of hydrogen-bond donors (Lipinski definition) is 3. The molecule has 0 aliphatic carbocycles. The van der Waals surface area contributed by atoms with Gasteiger partial charge in [-0.15, -0.1) is 0 Å². The van der Waals surface area contributed by atoms with Gasteiger partial charge in [0.25, 0.3) is 0 Å². The minimum atomic E-state index is 0.458. The number of ether oxygens (including phenoxy) is 1. The molecule has 0 amide bonds. The molecule has 1 heterocycles. The van der Waals surface area contributed by atoms with Gasteiger partial charge >= 0.3 is 0 Å². The molecule has 0 spiro atoms. The lowest BCUT2D eigenvalue weighted by molar-refractivity contribution is 0.415. The van der Waals surface area contributed by atoms with Crippen LogP contribution in [0.5, 0.6) is 5.75 Å². The Kier molecular flexibility index (Phi) is 5.16. The van der Waals surface area contributed by atoms with Crippen LogP contribution >= 0.6 is 24.4 Å². The summed E-state index contributed by atoms with van der Waals surface area (Å²) in [4.78, 5) is 3.04. The van der Waals surface area contributed by atoms with Gasteiger partial charge in [-0.05, 0) is 67.3 Å². The number of nitrogens with one attached hydrogen (secondary N) is 3. The van der Waals surface area contributed by atoms with Crippen molar-refractivity contribution in [2.45, 2.75) is 6.92 Å². The lowest BCUT2D eigenvalue weighted by Crippen LogP contribution is -2.28. The van der Waals surface area contributed by atoms with Crippen LogP contribution in [0.15, 0.2) is 54.7 Å². The molecule has 0 bridgehead atoms. The number of benzene rings is 2. The molecular weight excluding hydrogens is 352 g/mol. The van der Waals surface area contributed by atoms with Crippen LogP contribution < -0.4 is 15.5 Å². The van der Waals surface area contributed by atoms with Crippen molar-refractivity contribution in [1.29, 1.82) is 0 Å². The Morgan fingerprint density at radius 3 is 2.52 bits per heavy atom. The molecule has 0 saturated carbocycles. The van der Waals surface area contributed by atoms with E-state index in [9.17, 15) is 0 Å². The monoisotopic (exact) mass is 370 g/mol. The van der Waals surface area contributed by atoms with E-state index in [1.807, 2.05) is 61.7 Å². The molecule has 0 atom stereocenters. The predicted molar refractivity (Wildman–Crippen MR) is 108 cm³/mol. The number of rotatable bonds is 4. The first kappa shape index (κ1) is 17.2. The summed E-state index contributed by atoms with van der Waals surface area (Å²) in [6.45, 7) is 2.02. The SMILES string of the molecule is COc1ccc(-c2c[nH]c(=S)n2NC(=S)Nc2ccccc2C)cc1. The molecule has 7 heteroatoms. The minimum Gasteiger partial charge on any atom is -0.497 e. The van der Waals surface area contributed by atoms with E-state index in [1.165, 1.54) is 0 Å². The van der Waals surface area contributed by atoms with Gasteiger partial charge in [-0.25, -0.2) is 4.68 Å². The third-order valence-electron chi connectivity index (χ3n) is 3.77. The van der Waals surface area contributed by atoms with Crippen molar-refractivity contribution < 1.29 is 4.74 Å². The van der Waals surface area contributed by atoms with Gasteiger partial charge in [0.1, 0.15) is 5.75 Å². The molecular formula is C18H18N4OS2. The molecule has 0 fully saturated rings. The fraction of sp³-hybridized carbons (Fsp3) is 0.111. The van der Waals surface area contributed by atoms with E-state index >= 15 is 0 Å². The molecule has 128 valence electrons. The highest BCUT2D eigenvalue weighted by atomic mass is 32.1. The Morgan fingerprint density at radius 1 is 1.12 bits per heavy atom. The first-order chi connectivity index (χ1) is 12.1. The number of nitrogens with zero attached hydrogens (tertiary/aromatic N) is 1. The van der Waals surface area contributed by atoms with Crippen molar-refractivity contribution in [3.8, 4) is 17.0 Å². The molecule has 1 aromatic heterocycles. The second-order valence-electron chi connectivity index (χ2n) is 5.42. The summed E-state index contributed by atoms with van der Waals surface area (Å²) in [5.41, 5.74) is 7.06. The second-order valence-corrected chi connectivity index (χ2v) is 6.22. The number of methoxy groups -OCH3 is 1. The third-order valence-corrected chi connectivity index (χ3v) is 4.26. The average molecular weight is 371 g/mol. The largest absolute Gasteiger partial charge is 0.497 e. The summed E-state index contributed by atoms with van der Waals surface area (Å²) >= 11 is 10.8. The molecule has 3 aromatic rings. The predicted octanol–water partition coefficient (Wildman–Crippen LogP) is 4.47. The molecule has 2 aromatic carbocycles. The van der Waals surface area contributed by atoms with E-state index in [2.05, 4.69) is 15.7 Å². The number of aromatic nitrogens is 2. The zero-order valence-corrected chi connectivity index (χ0v) is 15.5. The fourth-order valence-electron chi connectivity index (χ4n) is 2.42. The number of thiocarbonyl (C=S) groups is 1. The summed E-state index contributed by atoms with van der Waals surface area (Å²) < 4.78 is 7.47. The number of aryl methyl sites for hydroxylation is 1. The summed E-state index contributed by atoms with van der Waals surface area (Å²) in [6.07, 6.45) is 1.84. The lowest BCUT2D eigenvalue weighted by Gasteiger charge is -2.15. The normalized spacial score (nSPS) is 10.3. The third kappa shape index (κ3) is 3.89. The quantitative estimate of drug-likeness (QED) is 0.592. The van der Waals surface area contributed by atoms with Crippen molar-refractivity contribution in [3.63, 3.8) is 0 Å². The first-order valence-corrected chi connectivity index (χ1v) is 8.48. The van der Waals surface area contributed by atoms with Crippen molar-refractivity contribution in [2.24, 2.45) is 0 Å². The Hall–Kier alpha value is -2.64. The number of H-pyrrole nitrogens is 1. The number of para-hydroxylation sites is 1. The second kappa shape index (κ2) is 7.50. The molecule has 3 rings (SSSR count). The highest BCUT2D eigenvalue weighted by Gasteiger charge is 2.09. The van der Waals surface area contributed by atoms with E-state index in [1.54, 1.807) is 11.8 Å². The number of imidazole rings is 1. The standard InChI is InChI=1S/C18H18N4OS2/c1-12-5-3-4-6-15(12)20-17(24)21-22-16(11-19-18(22)25)13-7-9-14(23-2)10-8-13/h3-11H,1-2H3,(H,19,25)(H2,20,21,24). The van der Waals surface area contributed by atoms with Crippen LogP contribution in [-0.2, 0) is 0 Å². The zero-order valence-electron chi connectivity index (χ0n) is 13.9. The van der Waals surface area contributed by atoms with Crippen LogP contribution in [0.2, 0.25) is 0 Å². The Bertz CT molecular complexity index is 944. The Balaban J connectivity index is 1.83. The Morgan fingerprint density at radius 2 is 1.84 bits per heavy atom. The average Bonchev–Trinajstić information content (AvgIpc) is 2.98. The van der Waals surface area contributed by atoms with Crippen molar-refractivity contribution in [3.05, 3.63) is 65.1 Å². The molecule has 25 heavy (non-hydrogen) atoms. The summed E-state index contributed by atoms with van der Waals surface area (Å²) in [6, 6.07) is 15.7. The van der Waals surface area contributed by atoms with Gasteiger partial charge in [0.2, 0.25) is 0 Å². The molecule has 3 N–H and O–H groups in total. The van der Waals surface area contributed by atoms with Crippen LogP contribution in [0.1, 0.15) is 5.56 Å². The van der Waals surface area contributed by atoms with Gasteiger partial charge in [-0.1, -0.05) is 18.2 Å². The van der Waals surface area contributed by atoms with Gasteiger partial charge in [0, 0.05) is 17.4 Å². The highest BCUT2D eigenvalue weighted by molar-refractivity contribution is 7.80. The maximum atomic E-state index is 5.43. The highest BCUT2D eigenvalue weighted by Crippen LogP contribution is 2.22. The number of anilines is 1. The summed E-state index contributed by atoms with van der Waals surface area (Å²) in [7, 11) is 1.64. The van der Waals surface area contributed by atoms with Gasteiger partial charge in [-0.2, -0.15) is 0 Å².